The molecule has 2 aliphatic heterocycles. The minimum absolute atomic E-state index is 0.248. The summed E-state index contributed by atoms with van der Waals surface area (Å²) < 4.78 is 0. The lowest BCUT2D eigenvalue weighted by molar-refractivity contribution is 0.586. The maximum Gasteiger partial charge on any atom is 0.0935 e. The molecule has 15 heavy (non-hydrogen) atoms. The highest BCUT2D eigenvalue weighted by molar-refractivity contribution is 5.82. The second-order valence-electron chi connectivity index (χ2n) is 5.19. The van der Waals surface area contributed by atoms with Crippen LogP contribution in [0, 0.1) is 0 Å². The zero-order valence-electron chi connectivity index (χ0n) is 9.44. The minimum atomic E-state index is 0.248. The van der Waals surface area contributed by atoms with Gasteiger partial charge in [-0.15, -0.1) is 0 Å². The molecule has 0 aromatic heterocycles. The molecule has 0 aliphatic carbocycles. The van der Waals surface area contributed by atoms with Crippen molar-refractivity contribution in [3.05, 3.63) is 17.7 Å². The summed E-state index contributed by atoms with van der Waals surface area (Å²) in [6.45, 7) is 7.72. The van der Waals surface area contributed by atoms with Gasteiger partial charge in [0.05, 0.1) is 17.5 Å². The molecule has 3 nitrogen and oxygen atoms in total. The van der Waals surface area contributed by atoms with Gasteiger partial charge in [-0.1, -0.05) is 13.8 Å². The quantitative estimate of drug-likeness (QED) is 0.606. The molecule has 80 valence electrons. The fraction of sp³-hybridized carbons (Fsp3) is 0.500. The van der Waals surface area contributed by atoms with Crippen LogP contribution in [0.1, 0.15) is 26.3 Å². The van der Waals surface area contributed by atoms with Gasteiger partial charge in [0.1, 0.15) is 0 Å². The van der Waals surface area contributed by atoms with Gasteiger partial charge in [-0.25, -0.2) is 0 Å². The Morgan fingerprint density at radius 1 is 1.13 bits per heavy atom. The number of hydrogen-bond donors (Lipinski definition) is 3. The Bertz CT molecular complexity index is 423. The first-order chi connectivity index (χ1) is 7.06. The molecule has 0 radical (unpaired) electrons. The molecule has 3 rings (SSSR count). The van der Waals surface area contributed by atoms with Gasteiger partial charge in [0.15, 0.2) is 0 Å². The van der Waals surface area contributed by atoms with E-state index in [1.54, 1.807) is 0 Å². The normalized spacial score (nSPS) is 24.9. The number of fused-ring (bicyclic) bond motifs is 2. The number of benzene rings is 1. The maximum absolute atomic E-state index is 3.47. The summed E-state index contributed by atoms with van der Waals surface area (Å²) >= 11 is 0. The van der Waals surface area contributed by atoms with E-state index >= 15 is 0 Å². The predicted octanol–water partition coefficient (Wildman–Crippen LogP) is 2.57. The SMILES string of the molecule is CC1Nc2cc3c(cc2N1)C(C)(C)CN3. The van der Waals surface area contributed by atoms with Gasteiger partial charge in [-0.3, -0.25) is 0 Å². The number of anilines is 3. The summed E-state index contributed by atoms with van der Waals surface area (Å²) in [6, 6.07) is 4.50. The van der Waals surface area contributed by atoms with Gasteiger partial charge in [-0.2, -0.15) is 0 Å². The number of hydrogen-bond acceptors (Lipinski definition) is 3. The summed E-state index contributed by atoms with van der Waals surface area (Å²) in [4.78, 5) is 0. The molecule has 0 saturated carbocycles. The first-order valence-corrected chi connectivity index (χ1v) is 5.52. The van der Waals surface area contributed by atoms with Gasteiger partial charge in [0.25, 0.3) is 0 Å². The maximum atomic E-state index is 3.47. The molecule has 1 atom stereocenters. The largest absolute Gasteiger partial charge is 0.384 e. The molecule has 1 aromatic carbocycles. The minimum Gasteiger partial charge on any atom is -0.384 e. The Labute approximate surface area is 90.3 Å². The Balaban J connectivity index is 2.12. The van der Waals surface area contributed by atoms with Crippen molar-refractivity contribution >= 4 is 17.1 Å². The van der Waals surface area contributed by atoms with Crippen molar-refractivity contribution in [1.82, 2.24) is 0 Å². The zero-order valence-corrected chi connectivity index (χ0v) is 9.44. The summed E-state index contributed by atoms with van der Waals surface area (Å²) in [6.07, 6.45) is 0.339. The average molecular weight is 203 g/mol. The topological polar surface area (TPSA) is 36.1 Å². The molecule has 1 unspecified atom stereocenters. The molecule has 0 fully saturated rings. The van der Waals surface area contributed by atoms with Crippen LogP contribution in [-0.4, -0.2) is 12.7 Å². The van der Waals surface area contributed by atoms with E-state index < -0.39 is 0 Å². The van der Waals surface area contributed by atoms with Crippen LogP contribution in [0.15, 0.2) is 12.1 Å². The van der Waals surface area contributed by atoms with Crippen LogP contribution in [0.25, 0.3) is 0 Å². The number of nitrogens with one attached hydrogen (secondary N) is 3. The molecule has 2 heterocycles. The molecule has 3 N–H and O–H groups in total. The van der Waals surface area contributed by atoms with Crippen LogP contribution in [0.5, 0.6) is 0 Å². The Morgan fingerprint density at radius 2 is 1.80 bits per heavy atom. The summed E-state index contributed by atoms with van der Waals surface area (Å²) in [5.74, 6) is 0. The van der Waals surface area contributed by atoms with Gasteiger partial charge in [0.2, 0.25) is 0 Å². The van der Waals surface area contributed by atoms with Crippen LogP contribution < -0.4 is 16.0 Å². The van der Waals surface area contributed by atoms with Gasteiger partial charge in [-0.05, 0) is 24.6 Å². The zero-order chi connectivity index (χ0) is 10.6. The van der Waals surface area contributed by atoms with E-state index in [2.05, 4.69) is 48.9 Å². The Morgan fingerprint density at radius 3 is 2.53 bits per heavy atom. The highest BCUT2D eigenvalue weighted by Gasteiger charge is 2.31. The van der Waals surface area contributed by atoms with E-state index in [0.29, 0.717) is 6.17 Å². The van der Waals surface area contributed by atoms with Crippen molar-refractivity contribution in [3.8, 4) is 0 Å². The van der Waals surface area contributed by atoms with Crippen LogP contribution in [0.3, 0.4) is 0 Å². The Kier molecular flexibility index (Phi) is 1.54. The first kappa shape index (κ1) is 8.89. The van der Waals surface area contributed by atoms with Crippen molar-refractivity contribution < 1.29 is 0 Å². The third kappa shape index (κ3) is 1.19. The molecular formula is C12H17N3. The molecular weight excluding hydrogens is 186 g/mol. The summed E-state index contributed by atoms with van der Waals surface area (Å²) in [5.41, 5.74) is 5.40. The van der Waals surface area contributed by atoms with Crippen molar-refractivity contribution in [3.63, 3.8) is 0 Å². The van der Waals surface area contributed by atoms with E-state index in [9.17, 15) is 0 Å². The Hall–Kier alpha value is -1.38. The molecule has 2 aliphatic rings. The highest BCUT2D eigenvalue weighted by Crippen LogP contribution is 2.42. The summed E-state index contributed by atoms with van der Waals surface area (Å²) in [7, 11) is 0. The highest BCUT2D eigenvalue weighted by atomic mass is 15.2. The van der Waals surface area contributed by atoms with E-state index in [4.69, 9.17) is 0 Å². The molecule has 0 bridgehead atoms. The van der Waals surface area contributed by atoms with Gasteiger partial charge in [0, 0.05) is 17.6 Å². The van der Waals surface area contributed by atoms with Gasteiger partial charge < -0.3 is 16.0 Å². The second-order valence-corrected chi connectivity index (χ2v) is 5.19. The molecule has 1 aromatic rings. The van der Waals surface area contributed by atoms with Crippen molar-refractivity contribution in [2.24, 2.45) is 0 Å². The predicted molar refractivity (Wildman–Crippen MR) is 64.7 cm³/mol. The van der Waals surface area contributed by atoms with Gasteiger partial charge >= 0.3 is 0 Å². The van der Waals surface area contributed by atoms with Crippen molar-refractivity contribution in [1.29, 1.82) is 0 Å². The first-order valence-electron chi connectivity index (χ1n) is 5.52. The summed E-state index contributed by atoms with van der Waals surface area (Å²) in [5, 5.41) is 10.3. The second kappa shape index (κ2) is 2.60. The van der Waals surface area contributed by atoms with Crippen LogP contribution >= 0.6 is 0 Å². The van der Waals surface area contributed by atoms with Crippen LogP contribution in [-0.2, 0) is 5.41 Å². The van der Waals surface area contributed by atoms with E-state index in [0.717, 1.165) is 6.54 Å². The van der Waals surface area contributed by atoms with Crippen molar-refractivity contribution in [2.45, 2.75) is 32.4 Å². The third-order valence-electron chi connectivity index (χ3n) is 3.35. The molecule has 0 saturated heterocycles. The smallest absolute Gasteiger partial charge is 0.0935 e. The lowest BCUT2D eigenvalue weighted by atomic mass is 9.86. The lowest BCUT2D eigenvalue weighted by Crippen LogP contribution is -2.19. The fourth-order valence-corrected chi connectivity index (χ4v) is 2.46. The van der Waals surface area contributed by atoms with E-state index in [-0.39, 0.29) is 5.41 Å². The van der Waals surface area contributed by atoms with E-state index in [1.807, 2.05) is 0 Å². The lowest BCUT2D eigenvalue weighted by Gasteiger charge is -2.17. The van der Waals surface area contributed by atoms with Crippen LogP contribution in [0.4, 0.5) is 17.1 Å². The van der Waals surface area contributed by atoms with Crippen molar-refractivity contribution in [2.75, 3.05) is 22.5 Å². The molecule has 0 amide bonds. The average Bonchev–Trinajstić information content (AvgIpc) is 2.64. The fourth-order valence-electron chi connectivity index (χ4n) is 2.46. The monoisotopic (exact) mass is 203 g/mol. The molecule has 3 heteroatoms. The number of rotatable bonds is 0. The van der Waals surface area contributed by atoms with E-state index in [1.165, 1.54) is 22.6 Å². The molecule has 0 spiro atoms. The van der Waals surface area contributed by atoms with Crippen LogP contribution in [0.2, 0.25) is 0 Å². The standard InChI is InChI=1S/C12H17N3/c1-7-14-10-4-8-9(5-11(10)15-7)13-6-12(8,2)3/h4-5,7,13-15H,6H2,1-3H3. The third-order valence-corrected chi connectivity index (χ3v) is 3.35.